The molecule has 0 bridgehead atoms. The van der Waals surface area contributed by atoms with Gasteiger partial charge in [-0.15, -0.1) is 0 Å². The first-order valence-corrected chi connectivity index (χ1v) is 10.8. The molecule has 2 aliphatic rings. The zero-order valence-corrected chi connectivity index (χ0v) is 18.1. The largest absolute Gasteiger partial charge is 0.378 e. The molecule has 3 rings (SSSR count). The van der Waals surface area contributed by atoms with Gasteiger partial charge in [0, 0.05) is 52.1 Å². The Kier molecular flexibility index (Phi) is 7.73. The van der Waals surface area contributed by atoms with Crippen molar-refractivity contribution in [2.24, 2.45) is 18.0 Å². The van der Waals surface area contributed by atoms with Crippen LogP contribution < -0.4 is 5.32 Å². The molecule has 0 radical (unpaired) electrons. The highest BCUT2D eigenvalue weighted by Crippen LogP contribution is 2.26. The lowest BCUT2D eigenvalue weighted by molar-refractivity contribution is 0.000985. The number of rotatable bonds is 7. The number of nitrogens with zero attached hydrogens (tertiary/aromatic N) is 5. The summed E-state index contributed by atoms with van der Waals surface area (Å²) in [5.41, 5.74) is 1.22. The molecule has 1 saturated carbocycles. The zero-order valence-electron chi connectivity index (χ0n) is 18.1. The molecule has 0 aromatic carbocycles. The van der Waals surface area contributed by atoms with Gasteiger partial charge in [0.1, 0.15) is 0 Å². The third-order valence-electron chi connectivity index (χ3n) is 6.18. The lowest BCUT2D eigenvalue weighted by Crippen LogP contribution is -2.48. The van der Waals surface area contributed by atoms with Crippen LogP contribution in [0.15, 0.2) is 17.4 Å². The van der Waals surface area contributed by atoms with E-state index in [0.29, 0.717) is 6.10 Å². The van der Waals surface area contributed by atoms with Gasteiger partial charge in [0.25, 0.3) is 0 Å². The van der Waals surface area contributed by atoms with Crippen LogP contribution in [-0.2, 0) is 11.8 Å². The fraction of sp³-hybridized carbons (Fsp3) is 0.810. The Morgan fingerprint density at radius 3 is 2.57 bits per heavy atom. The summed E-state index contributed by atoms with van der Waals surface area (Å²) in [5.74, 6) is 1.80. The van der Waals surface area contributed by atoms with Crippen LogP contribution in [0.3, 0.4) is 0 Å². The number of aliphatic imine (C=N–C) groups is 1. The molecule has 7 heteroatoms. The summed E-state index contributed by atoms with van der Waals surface area (Å²) in [6.07, 6.45) is 12.1. The first-order chi connectivity index (χ1) is 13.6. The van der Waals surface area contributed by atoms with Crippen molar-refractivity contribution >= 4 is 5.96 Å². The fourth-order valence-electron chi connectivity index (χ4n) is 4.41. The molecular formula is C21H38N6O. The first-order valence-electron chi connectivity index (χ1n) is 10.8. The molecule has 1 aliphatic heterocycles. The minimum Gasteiger partial charge on any atom is -0.378 e. The molecule has 0 spiro atoms. The smallest absolute Gasteiger partial charge is 0.193 e. The van der Waals surface area contributed by atoms with E-state index >= 15 is 0 Å². The summed E-state index contributed by atoms with van der Waals surface area (Å²) >= 11 is 0. The van der Waals surface area contributed by atoms with Crippen LogP contribution in [0.2, 0.25) is 0 Å². The minimum absolute atomic E-state index is 0.262. The number of likely N-dealkylation sites (N-methyl/N-ethyl adjacent to an activating group) is 1. The standard InChI is InChI=1S/C21H38N6O/c1-22-21(23-14-20(25(2)3)18-13-24-26(4)15-18)27-11-9-19(10-12-27)28-16-17-7-5-6-8-17/h13,15,17,19-20H,5-12,14,16H2,1-4H3,(H,22,23). The number of nitrogens with one attached hydrogen (secondary N) is 1. The number of guanidine groups is 1. The number of hydrogen-bond donors (Lipinski definition) is 1. The van der Waals surface area contributed by atoms with E-state index in [0.717, 1.165) is 51.0 Å². The lowest BCUT2D eigenvalue weighted by Gasteiger charge is -2.35. The van der Waals surface area contributed by atoms with Gasteiger partial charge in [-0.2, -0.15) is 5.10 Å². The third-order valence-corrected chi connectivity index (χ3v) is 6.18. The molecule has 28 heavy (non-hydrogen) atoms. The molecule has 1 aliphatic carbocycles. The van der Waals surface area contributed by atoms with Gasteiger partial charge in [-0.05, 0) is 45.7 Å². The van der Waals surface area contributed by atoms with Crippen LogP contribution in [0.1, 0.15) is 50.1 Å². The Morgan fingerprint density at radius 1 is 1.29 bits per heavy atom. The van der Waals surface area contributed by atoms with Crippen LogP contribution in [0.4, 0.5) is 0 Å². The van der Waals surface area contributed by atoms with Crippen LogP contribution in [0.5, 0.6) is 0 Å². The highest BCUT2D eigenvalue weighted by atomic mass is 16.5. The third kappa shape index (κ3) is 5.70. The normalized spacial score (nSPS) is 20.9. The number of hydrogen-bond acceptors (Lipinski definition) is 4. The minimum atomic E-state index is 0.262. The number of ether oxygens (including phenoxy) is 1. The van der Waals surface area contributed by atoms with Gasteiger partial charge in [0.15, 0.2) is 5.96 Å². The predicted octanol–water partition coefficient (Wildman–Crippen LogP) is 2.27. The monoisotopic (exact) mass is 390 g/mol. The van der Waals surface area contributed by atoms with Crippen molar-refractivity contribution in [3.8, 4) is 0 Å². The lowest BCUT2D eigenvalue weighted by atomic mass is 10.1. The van der Waals surface area contributed by atoms with Gasteiger partial charge in [0.2, 0.25) is 0 Å². The van der Waals surface area contributed by atoms with Gasteiger partial charge in [0.05, 0.1) is 18.3 Å². The molecule has 1 aromatic rings. The van der Waals surface area contributed by atoms with E-state index in [4.69, 9.17) is 4.74 Å². The van der Waals surface area contributed by atoms with E-state index < -0.39 is 0 Å². The van der Waals surface area contributed by atoms with Crippen LogP contribution >= 0.6 is 0 Å². The molecule has 1 N–H and O–H groups in total. The molecule has 158 valence electrons. The molecule has 1 aromatic heterocycles. The SMILES string of the molecule is CN=C(NCC(c1cnn(C)c1)N(C)C)N1CCC(OCC2CCCC2)CC1. The van der Waals surface area contributed by atoms with E-state index in [1.165, 1.54) is 31.2 Å². The van der Waals surface area contributed by atoms with Crippen molar-refractivity contribution in [1.29, 1.82) is 0 Å². The molecule has 1 atom stereocenters. The van der Waals surface area contributed by atoms with Crippen LogP contribution in [0, 0.1) is 5.92 Å². The Balaban J connectivity index is 1.44. The fourth-order valence-corrected chi connectivity index (χ4v) is 4.41. The van der Waals surface area contributed by atoms with Crippen molar-refractivity contribution in [3.05, 3.63) is 18.0 Å². The average molecular weight is 391 g/mol. The van der Waals surface area contributed by atoms with E-state index in [2.05, 4.69) is 45.5 Å². The quantitative estimate of drug-likeness (QED) is 0.572. The molecular weight excluding hydrogens is 352 g/mol. The van der Waals surface area contributed by atoms with E-state index in [1.54, 1.807) is 0 Å². The summed E-state index contributed by atoms with van der Waals surface area (Å²) in [6.45, 7) is 3.79. The summed E-state index contributed by atoms with van der Waals surface area (Å²) in [5, 5.41) is 7.90. The second kappa shape index (κ2) is 10.3. The van der Waals surface area contributed by atoms with Crippen molar-refractivity contribution in [1.82, 2.24) is 24.9 Å². The molecule has 2 fully saturated rings. The summed E-state index contributed by atoms with van der Waals surface area (Å²) in [6, 6.07) is 0.262. The van der Waals surface area contributed by atoms with Crippen LogP contribution in [-0.4, -0.2) is 79.0 Å². The zero-order chi connectivity index (χ0) is 19.9. The molecule has 1 saturated heterocycles. The molecule has 1 unspecified atom stereocenters. The van der Waals surface area contributed by atoms with Gasteiger partial charge < -0.3 is 19.9 Å². The maximum absolute atomic E-state index is 6.22. The summed E-state index contributed by atoms with van der Waals surface area (Å²) in [4.78, 5) is 9.12. The van der Waals surface area contributed by atoms with E-state index in [1.807, 2.05) is 25.0 Å². The Hall–Kier alpha value is -1.60. The maximum Gasteiger partial charge on any atom is 0.193 e. The van der Waals surface area contributed by atoms with Gasteiger partial charge in [-0.25, -0.2) is 0 Å². The van der Waals surface area contributed by atoms with Crippen molar-refractivity contribution < 1.29 is 4.74 Å². The predicted molar refractivity (Wildman–Crippen MR) is 114 cm³/mol. The van der Waals surface area contributed by atoms with Gasteiger partial charge >= 0.3 is 0 Å². The van der Waals surface area contributed by atoms with Crippen molar-refractivity contribution in [2.45, 2.75) is 50.7 Å². The second-order valence-electron chi connectivity index (χ2n) is 8.53. The molecule has 0 amide bonds. The van der Waals surface area contributed by atoms with E-state index in [-0.39, 0.29) is 6.04 Å². The highest BCUT2D eigenvalue weighted by molar-refractivity contribution is 5.80. The maximum atomic E-state index is 6.22. The number of aryl methyl sites for hydroxylation is 1. The Labute approximate surface area is 170 Å². The van der Waals surface area contributed by atoms with Crippen molar-refractivity contribution in [3.63, 3.8) is 0 Å². The Morgan fingerprint density at radius 2 is 2.00 bits per heavy atom. The molecule has 2 heterocycles. The topological polar surface area (TPSA) is 57.9 Å². The second-order valence-corrected chi connectivity index (χ2v) is 8.53. The van der Waals surface area contributed by atoms with Crippen molar-refractivity contribution in [2.75, 3.05) is 47.4 Å². The number of aromatic nitrogens is 2. The number of likely N-dealkylation sites (tertiary alicyclic amines) is 1. The number of piperidine rings is 1. The van der Waals surface area contributed by atoms with Gasteiger partial charge in [-0.1, -0.05) is 12.8 Å². The van der Waals surface area contributed by atoms with Crippen LogP contribution in [0.25, 0.3) is 0 Å². The average Bonchev–Trinajstić information content (AvgIpc) is 3.36. The Bertz CT molecular complexity index is 614. The summed E-state index contributed by atoms with van der Waals surface area (Å²) in [7, 11) is 8.05. The highest BCUT2D eigenvalue weighted by Gasteiger charge is 2.25. The van der Waals surface area contributed by atoms with E-state index in [9.17, 15) is 0 Å². The van der Waals surface area contributed by atoms with Gasteiger partial charge in [-0.3, -0.25) is 9.67 Å². The summed E-state index contributed by atoms with van der Waals surface area (Å²) < 4.78 is 8.07. The first kappa shape index (κ1) is 21.1. The molecule has 7 nitrogen and oxygen atoms in total.